The molecule has 0 saturated heterocycles. The zero-order valence-electron chi connectivity index (χ0n) is 10.2. The lowest BCUT2D eigenvalue weighted by atomic mass is 10.0. The van der Waals surface area contributed by atoms with E-state index in [0.717, 1.165) is 6.07 Å². The molecule has 20 heavy (non-hydrogen) atoms. The molecule has 0 saturated carbocycles. The van der Waals surface area contributed by atoms with Crippen LogP contribution >= 0.6 is 0 Å². The molecule has 0 N–H and O–H groups in total. The van der Waals surface area contributed by atoms with Crippen molar-refractivity contribution < 1.29 is 22.4 Å². The van der Waals surface area contributed by atoms with E-state index >= 15 is 0 Å². The first-order valence-electron chi connectivity index (χ1n) is 5.82. The van der Waals surface area contributed by atoms with Gasteiger partial charge in [0.25, 0.3) is 0 Å². The van der Waals surface area contributed by atoms with Gasteiger partial charge in [0.05, 0.1) is 5.56 Å². The molecule has 0 unspecified atom stereocenters. The highest BCUT2D eigenvalue weighted by molar-refractivity contribution is 5.97. The summed E-state index contributed by atoms with van der Waals surface area (Å²) >= 11 is 0. The second kappa shape index (κ2) is 5.45. The summed E-state index contributed by atoms with van der Waals surface area (Å²) in [6.07, 6.45) is -4.97. The Kier molecular flexibility index (Phi) is 3.88. The Balaban J connectivity index is 2.25. The molecule has 1 nitrogen and oxygen atoms in total. The van der Waals surface area contributed by atoms with Gasteiger partial charge in [-0.15, -0.1) is 0 Å². The van der Waals surface area contributed by atoms with Gasteiger partial charge in [-0.1, -0.05) is 36.4 Å². The average molecular weight is 282 g/mol. The Morgan fingerprint density at radius 2 is 1.65 bits per heavy atom. The monoisotopic (exact) mass is 282 g/mol. The number of hydrogen-bond donors (Lipinski definition) is 0. The number of benzene rings is 2. The predicted octanol–water partition coefficient (Wildman–Crippen LogP) is 4.27. The van der Waals surface area contributed by atoms with Gasteiger partial charge in [0, 0.05) is 12.0 Å². The standard InChI is InChI=1S/C15H10F4O/c16-13-7-6-10(8-12(13)15(17,18)19)9-14(20)11-4-2-1-3-5-11/h1-8H,9H2. The maximum Gasteiger partial charge on any atom is 0.419 e. The largest absolute Gasteiger partial charge is 0.419 e. The molecule has 0 amide bonds. The Hall–Kier alpha value is -2.17. The Morgan fingerprint density at radius 3 is 2.25 bits per heavy atom. The van der Waals surface area contributed by atoms with E-state index in [9.17, 15) is 22.4 Å². The highest BCUT2D eigenvalue weighted by atomic mass is 19.4. The summed E-state index contributed by atoms with van der Waals surface area (Å²) in [5.74, 6) is -1.65. The molecule has 0 aromatic heterocycles. The second-order valence-electron chi connectivity index (χ2n) is 4.28. The van der Waals surface area contributed by atoms with Gasteiger partial charge in [-0.3, -0.25) is 4.79 Å². The van der Waals surface area contributed by atoms with Crippen LogP contribution in [0.3, 0.4) is 0 Å². The molecule has 0 bridgehead atoms. The van der Waals surface area contributed by atoms with Crippen molar-refractivity contribution in [3.8, 4) is 0 Å². The number of carbonyl (C=O) groups excluding carboxylic acids is 1. The van der Waals surface area contributed by atoms with Crippen LogP contribution in [0.5, 0.6) is 0 Å². The third-order valence-electron chi connectivity index (χ3n) is 2.80. The fraction of sp³-hybridized carbons (Fsp3) is 0.133. The molecule has 0 radical (unpaired) electrons. The molecule has 2 rings (SSSR count). The highest BCUT2D eigenvalue weighted by Gasteiger charge is 2.34. The molecule has 0 fully saturated rings. The van der Waals surface area contributed by atoms with Crippen LogP contribution in [-0.4, -0.2) is 5.78 Å². The van der Waals surface area contributed by atoms with E-state index in [1.54, 1.807) is 30.3 Å². The highest BCUT2D eigenvalue weighted by Crippen LogP contribution is 2.32. The number of Topliss-reactive ketones (excluding diaryl/α,β-unsaturated/α-hetero) is 1. The minimum absolute atomic E-state index is 0.132. The number of hydrogen-bond acceptors (Lipinski definition) is 1. The van der Waals surface area contributed by atoms with E-state index in [1.807, 2.05) is 0 Å². The van der Waals surface area contributed by atoms with Crippen molar-refractivity contribution in [3.05, 3.63) is 71.0 Å². The molecule has 0 spiro atoms. The molecule has 5 heteroatoms. The predicted molar refractivity (Wildman–Crippen MR) is 65.9 cm³/mol. The van der Waals surface area contributed by atoms with Crippen LogP contribution in [0.15, 0.2) is 48.5 Å². The molecule has 0 aliphatic rings. The average Bonchev–Trinajstić information content (AvgIpc) is 2.40. The van der Waals surface area contributed by atoms with Crippen molar-refractivity contribution in [1.29, 1.82) is 0 Å². The van der Waals surface area contributed by atoms with Gasteiger partial charge in [-0.25, -0.2) is 4.39 Å². The first kappa shape index (κ1) is 14.2. The van der Waals surface area contributed by atoms with Crippen molar-refractivity contribution in [2.75, 3.05) is 0 Å². The lowest BCUT2D eigenvalue weighted by Crippen LogP contribution is -2.10. The van der Waals surface area contributed by atoms with Crippen LogP contribution in [0.4, 0.5) is 17.6 Å². The zero-order chi connectivity index (χ0) is 14.8. The van der Waals surface area contributed by atoms with Crippen molar-refractivity contribution in [2.45, 2.75) is 12.6 Å². The molecule has 104 valence electrons. The zero-order valence-corrected chi connectivity index (χ0v) is 10.2. The normalized spacial score (nSPS) is 11.4. The maximum atomic E-state index is 13.1. The summed E-state index contributed by atoms with van der Waals surface area (Å²) in [4.78, 5) is 11.9. The van der Waals surface area contributed by atoms with Crippen molar-refractivity contribution >= 4 is 5.78 Å². The first-order chi connectivity index (χ1) is 9.38. The number of ketones is 1. The molecular weight excluding hydrogens is 272 g/mol. The summed E-state index contributed by atoms with van der Waals surface area (Å²) in [7, 11) is 0. The van der Waals surface area contributed by atoms with E-state index in [0.29, 0.717) is 11.6 Å². The van der Waals surface area contributed by atoms with Crippen LogP contribution in [0.25, 0.3) is 0 Å². The fourth-order valence-corrected chi connectivity index (χ4v) is 1.81. The third-order valence-corrected chi connectivity index (χ3v) is 2.80. The molecule has 0 aliphatic carbocycles. The van der Waals surface area contributed by atoms with Crippen molar-refractivity contribution in [3.63, 3.8) is 0 Å². The summed E-state index contributed by atoms with van der Waals surface area (Å²) in [6, 6.07) is 10.8. The Morgan fingerprint density at radius 1 is 1.00 bits per heavy atom. The van der Waals surface area contributed by atoms with E-state index in [4.69, 9.17) is 0 Å². The summed E-state index contributed by atoms with van der Waals surface area (Å²) in [5, 5.41) is 0. The molecule has 0 heterocycles. The molecule has 2 aromatic carbocycles. The number of rotatable bonds is 3. The first-order valence-corrected chi connectivity index (χ1v) is 5.82. The van der Waals surface area contributed by atoms with E-state index in [-0.39, 0.29) is 17.8 Å². The van der Waals surface area contributed by atoms with Gasteiger partial charge < -0.3 is 0 Å². The van der Waals surface area contributed by atoms with E-state index in [2.05, 4.69) is 0 Å². The van der Waals surface area contributed by atoms with Gasteiger partial charge in [0.1, 0.15) is 5.82 Å². The SMILES string of the molecule is O=C(Cc1ccc(F)c(C(F)(F)F)c1)c1ccccc1. The van der Waals surface area contributed by atoms with Crippen LogP contribution < -0.4 is 0 Å². The minimum Gasteiger partial charge on any atom is -0.294 e. The van der Waals surface area contributed by atoms with Crippen molar-refractivity contribution in [2.24, 2.45) is 0 Å². The van der Waals surface area contributed by atoms with Crippen LogP contribution in [0.1, 0.15) is 21.5 Å². The van der Waals surface area contributed by atoms with Crippen LogP contribution in [0, 0.1) is 5.82 Å². The fourth-order valence-electron chi connectivity index (χ4n) is 1.81. The summed E-state index contributed by atoms with van der Waals surface area (Å²) < 4.78 is 50.8. The van der Waals surface area contributed by atoms with E-state index < -0.39 is 17.6 Å². The van der Waals surface area contributed by atoms with Gasteiger partial charge in [-0.2, -0.15) is 13.2 Å². The van der Waals surface area contributed by atoms with E-state index in [1.165, 1.54) is 6.07 Å². The maximum absolute atomic E-state index is 13.1. The molecule has 0 atom stereocenters. The van der Waals surface area contributed by atoms with Crippen LogP contribution in [0.2, 0.25) is 0 Å². The molecule has 2 aromatic rings. The quantitative estimate of drug-likeness (QED) is 0.607. The second-order valence-corrected chi connectivity index (χ2v) is 4.28. The van der Waals surface area contributed by atoms with Gasteiger partial charge in [0.15, 0.2) is 5.78 Å². The topological polar surface area (TPSA) is 17.1 Å². The Bertz CT molecular complexity index is 618. The lowest BCUT2D eigenvalue weighted by molar-refractivity contribution is -0.140. The van der Waals surface area contributed by atoms with Gasteiger partial charge in [-0.05, 0) is 17.7 Å². The number of alkyl halides is 3. The summed E-state index contributed by atoms with van der Waals surface area (Å²) in [5.41, 5.74) is -0.811. The Labute approximate surface area is 112 Å². The van der Waals surface area contributed by atoms with Gasteiger partial charge in [0.2, 0.25) is 0 Å². The smallest absolute Gasteiger partial charge is 0.294 e. The number of halogens is 4. The van der Waals surface area contributed by atoms with Gasteiger partial charge >= 0.3 is 6.18 Å². The molecule has 0 aliphatic heterocycles. The van der Waals surface area contributed by atoms with Crippen molar-refractivity contribution in [1.82, 2.24) is 0 Å². The minimum atomic E-state index is -4.77. The molecular formula is C15H10F4O. The lowest BCUT2D eigenvalue weighted by Gasteiger charge is -2.09. The van der Waals surface area contributed by atoms with Crippen LogP contribution in [-0.2, 0) is 12.6 Å². The summed E-state index contributed by atoms with van der Waals surface area (Å²) in [6.45, 7) is 0. The third kappa shape index (κ3) is 3.23. The number of carbonyl (C=O) groups is 1.